The zero-order chi connectivity index (χ0) is 28.2. The fourth-order valence-corrected chi connectivity index (χ4v) is 6.89. The van der Waals surface area contributed by atoms with Crippen molar-refractivity contribution in [3.05, 3.63) is 140 Å². The fraction of sp³-hybridized carbons (Fsp3) is 0.0811. The minimum absolute atomic E-state index is 0. The Bertz CT molecular complexity index is 1900. The summed E-state index contributed by atoms with van der Waals surface area (Å²) in [6.45, 7) is 7.00. The zero-order valence-electron chi connectivity index (χ0n) is 23.8. The summed E-state index contributed by atoms with van der Waals surface area (Å²) in [5.74, 6) is 0. The number of fused-ring (bicyclic) bond motifs is 3. The second-order valence-corrected chi connectivity index (χ2v) is 17.1. The summed E-state index contributed by atoms with van der Waals surface area (Å²) in [4.78, 5) is 8.97. The SMILES string of the molecule is C[Si](C)(C)c1ccc(-c2[c-]cccc2)nc1.[Ir].[c-]1cc2sc3cc(-c4ccccc4)ccc3c2cc1-c1ccccn1. The Hall–Kier alpha value is -3.73. The largest absolute Gasteiger partial charge is 0.305 e. The minimum atomic E-state index is -1.23. The molecule has 3 heterocycles. The summed E-state index contributed by atoms with van der Waals surface area (Å²) in [7, 11) is -1.23. The molecule has 0 N–H and O–H groups in total. The van der Waals surface area contributed by atoms with E-state index in [9.17, 15) is 0 Å². The van der Waals surface area contributed by atoms with E-state index in [4.69, 9.17) is 0 Å². The van der Waals surface area contributed by atoms with E-state index in [2.05, 4.69) is 115 Å². The summed E-state index contributed by atoms with van der Waals surface area (Å²) in [6.07, 6.45) is 3.84. The molecule has 0 unspecified atom stereocenters. The van der Waals surface area contributed by atoms with Crippen molar-refractivity contribution in [1.82, 2.24) is 9.97 Å². The number of benzene rings is 4. The summed E-state index contributed by atoms with van der Waals surface area (Å²) in [5, 5.41) is 3.97. The maximum Gasteiger partial charge on any atom is 0.0795 e. The van der Waals surface area contributed by atoms with E-state index in [1.165, 1.54) is 36.5 Å². The van der Waals surface area contributed by atoms with Gasteiger partial charge in [0.25, 0.3) is 0 Å². The number of hydrogen-bond acceptors (Lipinski definition) is 3. The number of pyridine rings is 2. The Morgan fingerprint density at radius 2 is 1.40 bits per heavy atom. The molecule has 0 aliphatic rings. The molecule has 7 rings (SSSR count). The van der Waals surface area contributed by atoms with Gasteiger partial charge in [-0.25, -0.2) is 0 Å². The second-order valence-electron chi connectivity index (χ2n) is 11.0. The molecule has 0 fully saturated rings. The van der Waals surface area contributed by atoms with E-state index in [-0.39, 0.29) is 20.1 Å². The molecule has 0 aliphatic heterocycles. The van der Waals surface area contributed by atoms with Gasteiger partial charge in [0, 0.05) is 37.2 Å². The molecule has 5 heteroatoms. The van der Waals surface area contributed by atoms with Gasteiger partial charge in [0.05, 0.1) is 8.07 Å². The number of nitrogens with zero attached hydrogens (tertiary/aromatic N) is 2. The predicted octanol–water partition coefficient (Wildman–Crippen LogP) is 9.68. The maximum atomic E-state index is 4.52. The smallest absolute Gasteiger partial charge is 0.0795 e. The molecule has 1 radical (unpaired) electrons. The predicted molar refractivity (Wildman–Crippen MR) is 178 cm³/mol. The Kier molecular flexibility index (Phi) is 9.25. The molecule has 42 heavy (non-hydrogen) atoms. The van der Waals surface area contributed by atoms with Crippen molar-refractivity contribution in [3.63, 3.8) is 0 Å². The van der Waals surface area contributed by atoms with Crippen LogP contribution in [0.1, 0.15) is 0 Å². The Labute approximate surface area is 266 Å². The zero-order valence-corrected chi connectivity index (χ0v) is 28.0. The third kappa shape index (κ3) is 6.66. The summed E-state index contributed by atoms with van der Waals surface area (Å²) in [6, 6.07) is 46.3. The molecule has 7 aromatic rings. The van der Waals surface area contributed by atoms with E-state index >= 15 is 0 Å². The van der Waals surface area contributed by atoms with Crippen LogP contribution >= 0.6 is 11.3 Å². The van der Waals surface area contributed by atoms with Crippen LogP contribution in [0.3, 0.4) is 0 Å². The van der Waals surface area contributed by atoms with Gasteiger partial charge >= 0.3 is 0 Å². The van der Waals surface area contributed by atoms with Crippen LogP contribution in [0.4, 0.5) is 0 Å². The van der Waals surface area contributed by atoms with E-state index < -0.39 is 8.07 Å². The minimum Gasteiger partial charge on any atom is -0.305 e. The van der Waals surface area contributed by atoms with Crippen molar-refractivity contribution >= 4 is 44.8 Å². The second kappa shape index (κ2) is 13.1. The van der Waals surface area contributed by atoms with E-state index in [1.54, 1.807) is 0 Å². The Balaban J connectivity index is 0.000000181. The van der Waals surface area contributed by atoms with Crippen LogP contribution in [-0.4, -0.2) is 18.0 Å². The summed E-state index contributed by atoms with van der Waals surface area (Å²) >= 11 is 1.82. The van der Waals surface area contributed by atoms with Crippen LogP contribution < -0.4 is 5.19 Å². The topological polar surface area (TPSA) is 25.8 Å². The van der Waals surface area contributed by atoms with Gasteiger partial charge in [-0.3, -0.25) is 0 Å². The van der Waals surface area contributed by atoms with Gasteiger partial charge in [-0.05, 0) is 49.9 Å². The van der Waals surface area contributed by atoms with Gasteiger partial charge in [-0.1, -0.05) is 91.8 Å². The van der Waals surface area contributed by atoms with Crippen LogP contribution in [0.25, 0.3) is 53.8 Å². The Morgan fingerprint density at radius 3 is 2.10 bits per heavy atom. The monoisotopic (exact) mass is 755 g/mol. The van der Waals surface area contributed by atoms with Gasteiger partial charge < -0.3 is 9.97 Å². The molecular weight excluding hydrogens is 725 g/mol. The van der Waals surface area contributed by atoms with Gasteiger partial charge in [-0.15, -0.1) is 59.7 Å². The molecule has 0 bridgehead atoms. The van der Waals surface area contributed by atoms with Gasteiger partial charge in [-0.2, -0.15) is 11.3 Å². The standard InChI is InChI=1S/C23H14NS.C14H16NSi.Ir/c1-2-6-16(7-3-1)17-9-11-19-20-14-18(21-8-4-5-13-24-21)10-12-22(20)25-23(19)15-17;1-16(2,3)13-9-10-14(15-11-13)12-7-5-4-6-8-12;/h1-9,11-15H;4-7,9-11H,1-3H3;/q2*-1;. The molecule has 0 saturated heterocycles. The number of thiophene rings is 1. The number of rotatable bonds is 4. The first-order valence-corrected chi connectivity index (χ1v) is 18.1. The molecular formula is C37H30IrN2SSi-2. The number of hydrogen-bond donors (Lipinski definition) is 0. The molecule has 0 atom stereocenters. The van der Waals surface area contributed by atoms with Crippen molar-refractivity contribution in [2.75, 3.05) is 0 Å². The van der Waals surface area contributed by atoms with Crippen molar-refractivity contribution in [1.29, 1.82) is 0 Å². The van der Waals surface area contributed by atoms with Gasteiger partial charge in [0.1, 0.15) is 0 Å². The molecule has 0 aliphatic carbocycles. The quantitative estimate of drug-likeness (QED) is 0.132. The van der Waals surface area contributed by atoms with Crippen LogP contribution in [-0.2, 0) is 20.1 Å². The molecule has 3 aromatic heterocycles. The molecule has 0 spiro atoms. The van der Waals surface area contributed by atoms with Crippen LogP contribution in [0.15, 0.2) is 128 Å². The average molecular weight is 755 g/mol. The van der Waals surface area contributed by atoms with Crippen molar-refractivity contribution in [3.8, 4) is 33.6 Å². The summed E-state index contributed by atoms with van der Waals surface area (Å²) < 4.78 is 2.57. The third-order valence-corrected chi connectivity index (χ3v) is 10.2. The van der Waals surface area contributed by atoms with Gasteiger partial charge in [0.2, 0.25) is 0 Å². The molecule has 0 saturated carbocycles. The fourth-order valence-electron chi connectivity index (χ4n) is 4.75. The van der Waals surface area contributed by atoms with Crippen molar-refractivity contribution in [2.24, 2.45) is 0 Å². The van der Waals surface area contributed by atoms with Crippen molar-refractivity contribution < 1.29 is 20.1 Å². The first-order chi connectivity index (χ1) is 20.0. The number of aromatic nitrogens is 2. The molecule has 209 valence electrons. The van der Waals surface area contributed by atoms with E-state index in [0.717, 1.165) is 22.5 Å². The van der Waals surface area contributed by atoms with Crippen molar-refractivity contribution in [2.45, 2.75) is 19.6 Å². The average Bonchev–Trinajstić information content (AvgIpc) is 3.39. The molecule has 4 aromatic carbocycles. The molecule has 2 nitrogen and oxygen atoms in total. The summed E-state index contributed by atoms with van der Waals surface area (Å²) in [5.41, 5.74) is 6.58. The normalized spacial score (nSPS) is 11.0. The van der Waals surface area contributed by atoms with Crippen LogP contribution in [0.2, 0.25) is 19.6 Å². The first kappa shape index (κ1) is 29.7. The van der Waals surface area contributed by atoms with E-state index in [1.807, 2.05) is 66.2 Å². The first-order valence-electron chi connectivity index (χ1n) is 13.7. The molecule has 0 amide bonds. The van der Waals surface area contributed by atoms with Crippen LogP contribution in [0, 0.1) is 12.1 Å². The third-order valence-electron chi connectivity index (χ3n) is 7.07. The Morgan fingerprint density at radius 1 is 0.619 bits per heavy atom. The van der Waals surface area contributed by atoms with Crippen LogP contribution in [0.5, 0.6) is 0 Å². The van der Waals surface area contributed by atoms with Gasteiger partial charge in [0.15, 0.2) is 0 Å². The maximum absolute atomic E-state index is 4.52. The van der Waals surface area contributed by atoms with E-state index in [0.29, 0.717) is 0 Å².